The minimum absolute atomic E-state index is 0.335. The largest absolute Gasteiger partial charge is 0.299 e. The van der Waals surface area contributed by atoms with Gasteiger partial charge in [0, 0.05) is 17.3 Å². The molecule has 0 amide bonds. The Morgan fingerprint density at radius 2 is 2.12 bits per heavy atom. The number of hydrogen-bond donors (Lipinski definition) is 0. The summed E-state index contributed by atoms with van der Waals surface area (Å²) in [6.07, 6.45) is 7.51. The quantitative estimate of drug-likeness (QED) is 0.502. The molecule has 92 valence electrons. The van der Waals surface area contributed by atoms with Crippen molar-refractivity contribution in [1.29, 1.82) is 0 Å². The summed E-state index contributed by atoms with van der Waals surface area (Å²) in [6.45, 7) is 3.69. The Bertz CT molecular complexity index is 371. The van der Waals surface area contributed by atoms with Crippen LogP contribution in [0.5, 0.6) is 0 Å². The molecule has 0 fully saturated rings. The molecule has 0 saturated carbocycles. The molecular formula is C15H19BrO. The van der Waals surface area contributed by atoms with Crippen LogP contribution in [0.2, 0.25) is 0 Å². The van der Waals surface area contributed by atoms with Gasteiger partial charge in [-0.1, -0.05) is 40.6 Å². The second-order valence-electron chi connectivity index (χ2n) is 4.23. The molecule has 1 rings (SSSR count). The van der Waals surface area contributed by atoms with Crippen LogP contribution in [-0.4, -0.2) is 5.78 Å². The summed E-state index contributed by atoms with van der Waals surface area (Å²) < 4.78 is 1.04. The summed E-state index contributed by atoms with van der Waals surface area (Å²) in [5.74, 6) is 0.335. The van der Waals surface area contributed by atoms with Gasteiger partial charge >= 0.3 is 0 Å². The molecule has 0 saturated heterocycles. The van der Waals surface area contributed by atoms with Gasteiger partial charge in [-0.3, -0.25) is 4.79 Å². The predicted octanol–water partition coefficient (Wildman–Crippen LogP) is 4.70. The Kier molecular flexibility index (Phi) is 6.87. The molecule has 1 aromatic rings. The highest BCUT2D eigenvalue weighted by molar-refractivity contribution is 9.10. The molecule has 0 N–H and O–H groups in total. The minimum Gasteiger partial charge on any atom is -0.299 e. The zero-order chi connectivity index (χ0) is 12.5. The third-order valence-electron chi connectivity index (χ3n) is 2.65. The molecule has 0 aliphatic rings. The highest BCUT2D eigenvalue weighted by Crippen LogP contribution is 2.13. The second kappa shape index (κ2) is 8.24. The number of benzene rings is 1. The van der Waals surface area contributed by atoms with E-state index in [0.29, 0.717) is 18.6 Å². The van der Waals surface area contributed by atoms with Gasteiger partial charge in [0.05, 0.1) is 0 Å². The van der Waals surface area contributed by atoms with Crippen LogP contribution in [0.15, 0.2) is 41.4 Å². The number of allylic oxidation sites excluding steroid dienone is 1. The van der Waals surface area contributed by atoms with Crippen LogP contribution in [0.3, 0.4) is 0 Å². The molecule has 0 bridgehead atoms. The average Bonchev–Trinajstić information content (AvgIpc) is 2.29. The van der Waals surface area contributed by atoms with E-state index in [1.165, 1.54) is 0 Å². The molecule has 1 aromatic carbocycles. The van der Waals surface area contributed by atoms with E-state index in [2.05, 4.69) is 22.5 Å². The first-order valence-corrected chi connectivity index (χ1v) is 6.88. The third-order valence-corrected chi connectivity index (χ3v) is 3.15. The van der Waals surface area contributed by atoms with Crippen LogP contribution >= 0.6 is 15.9 Å². The van der Waals surface area contributed by atoms with Gasteiger partial charge in [-0.15, -0.1) is 6.58 Å². The fraction of sp³-hybridized carbons (Fsp3) is 0.400. The molecule has 0 aromatic heterocycles. The van der Waals surface area contributed by atoms with Gasteiger partial charge in [-0.05, 0) is 37.0 Å². The summed E-state index contributed by atoms with van der Waals surface area (Å²) >= 11 is 3.41. The van der Waals surface area contributed by atoms with Crippen LogP contribution < -0.4 is 0 Å². The van der Waals surface area contributed by atoms with Crippen LogP contribution in [0, 0.1) is 0 Å². The molecule has 17 heavy (non-hydrogen) atoms. The van der Waals surface area contributed by atoms with Crippen molar-refractivity contribution in [2.45, 2.75) is 38.5 Å². The van der Waals surface area contributed by atoms with Crippen LogP contribution in [-0.2, 0) is 11.2 Å². The van der Waals surface area contributed by atoms with Crippen molar-refractivity contribution in [3.8, 4) is 0 Å². The Labute approximate surface area is 112 Å². The molecule has 0 heterocycles. The number of halogens is 1. The Balaban J connectivity index is 2.23. The number of carbonyl (C=O) groups excluding carboxylic acids is 1. The normalized spacial score (nSPS) is 10.2. The number of hydrogen-bond acceptors (Lipinski definition) is 1. The van der Waals surface area contributed by atoms with Crippen molar-refractivity contribution in [1.82, 2.24) is 0 Å². The monoisotopic (exact) mass is 294 g/mol. The molecule has 0 aliphatic carbocycles. The van der Waals surface area contributed by atoms with Gasteiger partial charge in [0.15, 0.2) is 0 Å². The summed E-state index contributed by atoms with van der Waals surface area (Å²) in [7, 11) is 0. The van der Waals surface area contributed by atoms with E-state index in [9.17, 15) is 4.79 Å². The highest BCUT2D eigenvalue weighted by Gasteiger charge is 2.03. The first-order valence-electron chi connectivity index (χ1n) is 6.09. The Morgan fingerprint density at radius 1 is 1.29 bits per heavy atom. The van der Waals surface area contributed by atoms with Gasteiger partial charge < -0.3 is 0 Å². The van der Waals surface area contributed by atoms with Crippen molar-refractivity contribution >= 4 is 21.7 Å². The predicted molar refractivity (Wildman–Crippen MR) is 76.1 cm³/mol. The third kappa shape index (κ3) is 6.42. The molecular weight excluding hydrogens is 276 g/mol. The van der Waals surface area contributed by atoms with Crippen molar-refractivity contribution in [3.05, 3.63) is 47.0 Å². The number of ketones is 1. The Morgan fingerprint density at radius 3 is 2.82 bits per heavy atom. The van der Waals surface area contributed by atoms with Crippen molar-refractivity contribution in [2.24, 2.45) is 0 Å². The number of Topliss-reactive ketones (excluding diaryl/α,β-unsaturated/α-hetero) is 1. The van der Waals surface area contributed by atoms with Crippen LogP contribution in [0.25, 0.3) is 0 Å². The molecule has 0 aliphatic heterocycles. The lowest BCUT2D eigenvalue weighted by atomic mass is 10.0. The lowest BCUT2D eigenvalue weighted by molar-refractivity contribution is -0.118. The van der Waals surface area contributed by atoms with Crippen molar-refractivity contribution < 1.29 is 4.79 Å². The number of rotatable bonds is 8. The van der Waals surface area contributed by atoms with E-state index >= 15 is 0 Å². The molecule has 2 heteroatoms. The van der Waals surface area contributed by atoms with Gasteiger partial charge in [0.1, 0.15) is 5.78 Å². The number of carbonyl (C=O) groups is 1. The Hall–Kier alpha value is -0.890. The standard InChI is InChI=1S/C15H19BrO/c1-2-3-4-5-6-10-15(17)12-13-8-7-9-14(16)11-13/h2,7-9,11H,1,3-6,10,12H2. The fourth-order valence-electron chi connectivity index (χ4n) is 1.75. The molecule has 0 radical (unpaired) electrons. The maximum Gasteiger partial charge on any atom is 0.137 e. The highest BCUT2D eigenvalue weighted by atomic mass is 79.9. The zero-order valence-corrected chi connectivity index (χ0v) is 11.7. The summed E-state index contributed by atoms with van der Waals surface area (Å²) in [5.41, 5.74) is 1.09. The lowest BCUT2D eigenvalue weighted by Crippen LogP contribution is -2.02. The summed E-state index contributed by atoms with van der Waals surface area (Å²) in [4.78, 5) is 11.7. The van der Waals surface area contributed by atoms with Gasteiger partial charge in [-0.25, -0.2) is 0 Å². The smallest absolute Gasteiger partial charge is 0.137 e. The lowest BCUT2D eigenvalue weighted by Gasteiger charge is -2.02. The van der Waals surface area contributed by atoms with E-state index in [-0.39, 0.29) is 0 Å². The average molecular weight is 295 g/mol. The molecule has 0 unspecified atom stereocenters. The fourth-order valence-corrected chi connectivity index (χ4v) is 2.20. The minimum atomic E-state index is 0.335. The zero-order valence-electron chi connectivity index (χ0n) is 10.1. The van der Waals surface area contributed by atoms with E-state index in [4.69, 9.17) is 0 Å². The molecule has 0 spiro atoms. The first-order chi connectivity index (χ1) is 8.22. The topological polar surface area (TPSA) is 17.1 Å². The van der Waals surface area contributed by atoms with Gasteiger partial charge in [0.2, 0.25) is 0 Å². The molecule has 1 nitrogen and oxygen atoms in total. The van der Waals surface area contributed by atoms with E-state index in [1.807, 2.05) is 30.3 Å². The summed E-state index contributed by atoms with van der Waals surface area (Å²) in [5, 5.41) is 0. The second-order valence-corrected chi connectivity index (χ2v) is 5.15. The van der Waals surface area contributed by atoms with Crippen molar-refractivity contribution in [2.75, 3.05) is 0 Å². The number of unbranched alkanes of at least 4 members (excludes halogenated alkanes) is 3. The van der Waals surface area contributed by atoms with E-state index < -0.39 is 0 Å². The SMILES string of the molecule is C=CCCCCCC(=O)Cc1cccc(Br)c1. The van der Waals surface area contributed by atoms with Crippen LogP contribution in [0.4, 0.5) is 0 Å². The van der Waals surface area contributed by atoms with Crippen LogP contribution in [0.1, 0.15) is 37.7 Å². The van der Waals surface area contributed by atoms with Crippen molar-refractivity contribution in [3.63, 3.8) is 0 Å². The van der Waals surface area contributed by atoms with Gasteiger partial charge in [-0.2, -0.15) is 0 Å². The van der Waals surface area contributed by atoms with Gasteiger partial charge in [0.25, 0.3) is 0 Å². The van der Waals surface area contributed by atoms with E-state index in [1.54, 1.807) is 0 Å². The maximum atomic E-state index is 11.7. The molecule has 0 atom stereocenters. The van der Waals surface area contributed by atoms with E-state index in [0.717, 1.165) is 35.7 Å². The summed E-state index contributed by atoms with van der Waals surface area (Å²) in [6, 6.07) is 7.95. The first kappa shape index (κ1) is 14.2. The maximum absolute atomic E-state index is 11.7.